The van der Waals surface area contributed by atoms with Crippen molar-refractivity contribution in [2.45, 2.75) is 97.9 Å². The summed E-state index contributed by atoms with van der Waals surface area (Å²) in [6.07, 6.45) is 1.41. The molecule has 0 aliphatic heterocycles. The van der Waals surface area contributed by atoms with Crippen LogP contribution in [0.3, 0.4) is 0 Å². The Morgan fingerprint density at radius 2 is 1.21 bits per heavy atom. The zero-order valence-corrected chi connectivity index (χ0v) is 18.7. The predicted molar refractivity (Wildman–Crippen MR) is 107 cm³/mol. The Morgan fingerprint density at radius 1 is 0.750 bits per heavy atom. The van der Waals surface area contributed by atoms with Gasteiger partial charge in [0.05, 0.1) is 6.10 Å². The van der Waals surface area contributed by atoms with Gasteiger partial charge in [-0.15, -0.1) is 0 Å². The van der Waals surface area contributed by atoms with Crippen LogP contribution in [0.25, 0.3) is 0 Å². The van der Waals surface area contributed by atoms with Crippen molar-refractivity contribution < 1.29 is 14.6 Å². The molecule has 0 aromatic rings. The van der Waals surface area contributed by atoms with Gasteiger partial charge in [-0.2, -0.15) is 0 Å². The van der Waals surface area contributed by atoms with Crippen LogP contribution in [-0.2, 0) is 4.43 Å². The van der Waals surface area contributed by atoms with E-state index >= 15 is 0 Å². The van der Waals surface area contributed by atoms with Gasteiger partial charge < -0.3 is 14.6 Å². The highest BCUT2D eigenvalue weighted by Gasteiger charge is 2.45. The second-order valence-corrected chi connectivity index (χ2v) is 14.5. The molecular formula is C20H44O3Si. The Hall–Kier alpha value is 0.0969. The smallest absolute Gasteiger partial charge is 0.200 e. The fraction of sp³-hybridized carbons (Fsp3) is 1.00. The summed E-state index contributed by atoms with van der Waals surface area (Å²) in [5, 5.41) is 19.2. The predicted octanol–water partition coefficient (Wildman–Crippen LogP) is 5.22. The summed E-state index contributed by atoms with van der Waals surface area (Å²) in [6.45, 7) is 21.2. The third-order valence-electron chi connectivity index (χ3n) is 5.72. The molecule has 0 heterocycles. The topological polar surface area (TPSA) is 49.7 Å². The van der Waals surface area contributed by atoms with Crippen LogP contribution < -0.4 is 0 Å². The average Bonchev–Trinajstić information content (AvgIpc) is 2.45. The largest absolute Gasteiger partial charge is 0.416 e. The maximum Gasteiger partial charge on any atom is 0.200 e. The molecule has 24 heavy (non-hydrogen) atoms. The van der Waals surface area contributed by atoms with Crippen LogP contribution in [-0.4, -0.2) is 37.8 Å². The lowest BCUT2D eigenvalue weighted by atomic mass is 9.89. The molecule has 146 valence electrons. The van der Waals surface area contributed by atoms with Crippen LogP contribution in [0, 0.1) is 17.8 Å². The van der Waals surface area contributed by atoms with E-state index in [2.05, 4.69) is 55.4 Å². The van der Waals surface area contributed by atoms with E-state index in [4.69, 9.17) is 9.53 Å². The molecule has 0 fully saturated rings. The summed E-state index contributed by atoms with van der Waals surface area (Å²) in [5.74, 6) is 0.905. The van der Waals surface area contributed by atoms with Gasteiger partial charge in [-0.25, -0.2) is 0 Å². The highest BCUT2D eigenvalue weighted by Crippen LogP contribution is 2.42. The normalized spacial score (nSPS) is 18.2. The van der Waals surface area contributed by atoms with E-state index in [0.29, 0.717) is 28.5 Å². The van der Waals surface area contributed by atoms with Crippen LogP contribution in [0.15, 0.2) is 0 Å². The van der Waals surface area contributed by atoms with Crippen molar-refractivity contribution in [1.29, 1.82) is 0 Å². The molecule has 0 amide bonds. The molecule has 0 unspecified atom stereocenters. The van der Waals surface area contributed by atoms with Gasteiger partial charge >= 0.3 is 0 Å². The molecule has 0 rings (SSSR count). The van der Waals surface area contributed by atoms with Crippen LogP contribution in [0.2, 0.25) is 16.6 Å². The van der Waals surface area contributed by atoms with Gasteiger partial charge in [0.2, 0.25) is 0 Å². The number of rotatable bonds is 12. The van der Waals surface area contributed by atoms with E-state index in [1.165, 1.54) is 0 Å². The molecule has 0 aliphatic rings. The van der Waals surface area contributed by atoms with Gasteiger partial charge in [0.1, 0.15) is 0 Å². The summed E-state index contributed by atoms with van der Waals surface area (Å²) in [4.78, 5) is 0. The average molecular weight is 361 g/mol. The lowest BCUT2D eigenvalue weighted by Crippen LogP contribution is -2.48. The van der Waals surface area contributed by atoms with Gasteiger partial charge in [0, 0.05) is 19.1 Å². The van der Waals surface area contributed by atoms with E-state index in [-0.39, 0.29) is 12.5 Å². The molecule has 2 N–H and O–H groups in total. The van der Waals surface area contributed by atoms with Crippen LogP contribution in [0.5, 0.6) is 0 Å². The van der Waals surface area contributed by atoms with Crippen molar-refractivity contribution in [2.24, 2.45) is 17.8 Å². The lowest BCUT2D eigenvalue weighted by molar-refractivity contribution is 0.0551. The summed E-state index contributed by atoms with van der Waals surface area (Å²) < 4.78 is 6.69. The van der Waals surface area contributed by atoms with Gasteiger partial charge in [0.25, 0.3) is 0 Å². The fourth-order valence-corrected chi connectivity index (χ4v) is 9.98. The first kappa shape index (κ1) is 24.1. The molecule has 4 heteroatoms. The Bertz CT molecular complexity index is 309. The van der Waals surface area contributed by atoms with E-state index in [1.807, 2.05) is 6.92 Å². The summed E-state index contributed by atoms with van der Waals surface area (Å²) in [5.41, 5.74) is 1.86. The van der Waals surface area contributed by atoms with E-state index in [1.54, 1.807) is 0 Å². The third kappa shape index (κ3) is 6.78. The Morgan fingerprint density at radius 3 is 1.58 bits per heavy atom. The highest BCUT2D eigenvalue weighted by atomic mass is 28.4. The monoisotopic (exact) mass is 360 g/mol. The maximum atomic E-state index is 10.1. The Balaban J connectivity index is 4.62. The fourth-order valence-electron chi connectivity index (χ4n) is 4.40. The number of aliphatic hydroxyl groups is 2. The second kappa shape index (κ2) is 10.9. The summed E-state index contributed by atoms with van der Waals surface area (Å²) >= 11 is 0. The van der Waals surface area contributed by atoms with Crippen molar-refractivity contribution in [2.75, 3.05) is 13.2 Å². The Labute approximate surface area is 152 Å². The van der Waals surface area contributed by atoms with Gasteiger partial charge in [-0.3, -0.25) is 0 Å². The third-order valence-corrected chi connectivity index (χ3v) is 11.8. The zero-order chi connectivity index (χ0) is 19.1. The molecule has 3 nitrogen and oxygen atoms in total. The van der Waals surface area contributed by atoms with E-state index in [9.17, 15) is 5.11 Å². The maximum absolute atomic E-state index is 10.1. The van der Waals surface area contributed by atoms with Crippen molar-refractivity contribution in [3.63, 3.8) is 0 Å². The lowest BCUT2D eigenvalue weighted by Gasteiger charge is -2.43. The van der Waals surface area contributed by atoms with Gasteiger partial charge in [-0.1, -0.05) is 62.3 Å². The molecular weight excluding hydrogens is 316 g/mol. The minimum Gasteiger partial charge on any atom is -0.416 e. The molecule has 0 aliphatic carbocycles. The minimum atomic E-state index is -1.78. The molecule has 0 saturated carbocycles. The van der Waals surface area contributed by atoms with Crippen LogP contribution in [0.1, 0.15) is 75.2 Å². The zero-order valence-electron chi connectivity index (χ0n) is 17.7. The first-order valence-corrected chi connectivity index (χ1v) is 12.1. The molecule has 0 bridgehead atoms. The molecule has 0 saturated heterocycles. The summed E-state index contributed by atoms with van der Waals surface area (Å²) in [7, 11) is -1.78. The molecule has 0 radical (unpaired) electrons. The summed E-state index contributed by atoms with van der Waals surface area (Å²) in [6, 6.07) is 0. The minimum absolute atomic E-state index is 0.0399. The molecule has 4 atom stereocenters. The molecule has 0 aromatic carbocycles. The SMILES string of the molecule is CC(C)[Si](OC[C@H](C)C[C@H](C)C[C@H](O)[C@H](C)CO)(C(C)C)C(C)C. The first-order chi connectivity index (χ1) is 11.0. The van der Waals surface area contributed by atoms with Crippen molar-refractivity contribution in [1.82, 2.24) is 0 Å². The number of hydrogen-bond acceptors (Lipinski definition) is 3. The second-order valence-electron chi connectivity index (χ2n) is 9.04. The van der Waals surface area contributed by atoms with Crippen molar-refractivity contribution in [3.05, 3.63) is 0 Å². The first-order valence-electron chi connectivity index (χ1n) is 9.91. The van der Waals surface area contributed by atoms with Gasteiger partial charge in [-0.05, 0) is 41.3 Å². The van der Waals surface area contributed by atoms with Crippen molar-refractivity contribution >= 4 is 8.32 Å². The number of aliphatic hydroxyl groups excluding tert-OH is 2. The number of hydrogen-bond donors (Lipinski definition) is 2. The Kier molecular flexibility index (Phi) is 11.0. The standard InChI is InChI=1S/C20H44O3Si/c1-14(2)24(15(3)4,16(5)6)23-13-18(8)10-17(7)11-20(22)19(9)12-21/h14-22H,10-13H2,1-9H3/t17-,18+,19+,20-/m0/s1. The van der Waals surface area contributed by atoms with Crippen LogP contribution in [0.4, 0.5) is 0 Å². The van der Waals surface area contributed by atoms with Gasteiger partial charge in [0.15, 0.2) is 8.32 Å². The molecule has 0 aromatic heterocycles. The van der Waals surface area contributed by atoms with E-state index < -0.39 is 14.4 Å². The van der Waals surface area contributed by atoms with E-state index in [0.717, 1.165) is 19.4 Å². The quantitative estimate of drug-likeness (QED) is 0.469. The highest BCUT2D eigenvalue weighted by molar-refractivity contribution is 6.77. The molecule has 0 spiro atoms. The van der Waals surface area contributed by atoms with Crippen molar-refractivity contribution in [3.8, 4) is 0 Å². The van der Waals surface area contributed by atoms with Crippen LogP contribution >= 0.6 is 0 Å².